The van der Waals surface area contributed by atoms with Crippen molar-refractivity contribution in [1.29, 1.82) is 0 Å². The van der Waals surface area contributed by atoms with Crippen LogP contribution in [-0.4, -0.2) is 50.0 Å². The first-order valence-electron chi connectivity index (χ1n) is 11.3. The summed E-state index contributed by atoms with van der Waals surface area (Å²) in [5, 5.41) is 11.0. The van der Waals surface area contributed by atoms with Crippen molar-refractivity contribution in [3.05, 3.63) is 71.6 Å². The molecule has 0 saturated carbocycles. The number of carbonyl (C=O) groups is 2. The predicted octanol–water partition coefficient (Wildman–Crippen LogP) is 3.57. The van der Waals surface area contributed by atoms with Gasteiger partial charge in [-0.25, -0.2) is 4.39 Å². The van der Waals surface area contributed by atoms with Crippen LogP contribution in [-0.2, 0) is 11.3 Å². The van der Waals surface area contributed by atoms with E-state index < -0.39 is 5.82 Å². The molecule has 5 rings (SSSR count). The predicted molar refractivity (Wildman–Crippen MR) is 125 cm³/mol. The summed E-state index contributed by atoms with van der Waals surface area (Å²) in [7, 11) is 0. The van der Waals surface area contributed by atoms with E-state index in [1.54, 1.807) is 24.0 Å². The van der Waals surface area contributed by atoms with Gasteiger partial charge >= 0.3 is 0 Å². The van der Waals surface area contributed by atoms with E-state index in [4.69, 9.17) is 0 Å². The lowest BCUT2D eigenvalue weighted by atomic mass is 9.95. The number of aryl methyl sites for hydroxylation is 1. The molecule has 0 unspecified atom stereocenters. The molecule has 8 nitrogen and oxygen atoms in total. The number of benzene rings is 1. The van der Waals surface area contributed by atoms with Crippen molar-refractivity contribution in [3.8, 4) is 11.3 Å². The number of hydrogen-bond acceptors (Lipinski definition) is 4. The largest absolute Gasteiger partial charge is 0.361 e. The first-order chi connectivity index (χ1) is 16.5. The fourth-order valence-corrected chi connectivity index (χ4v) is 4.37. The van der Waals surface area contributed by atoms with Crippen LogP contribution in [0.15, 0.2) is 48.8 Å². The van der Waals surface area contributed by atoms with Gasteiger partial charge in [0.1, 0.15) is 5.69 Å². The van der Waals surface area contributed by atoms with Crippen molar-refractivity contribution in [2.24, 2.45) is 5.92 Å². The monoisotopic (exact) mass is 460 g/mol. The molecule has 0 atom stereocenters. The number of pyridine rings is 1. The molecule has 3 N–H and O–H groups in total. The van der Waals surface area contributed by atoms with Crippen LogP contribution < -0.4 is 5.32 Å². The van der Waals surface area contributed by atoms with Crippen molar-refractivity contribution >= 4 is 22.7 Å². The Kier molecular flexibility index (Phi) is 5.83. The molecule has 1 saturated heterocycles. The van der Waals surface area contributed by atoms with E-state index in [1.165, 1.54) is 0 Å². The summed E-state index contributed by atoms with van der Waals surface area (Å²) in [5.41, 5.74) is 3.73. The summed E-state index contributed by atoms with van der Waals surface area (Å²) in [6.07, 6.45) is 4.22. The molecule has 0 aliphatic carbocycles. The Labute approximate surface area is 195 Å². The number of piperidine rings is 1. The van der Waals surface area contributed by atoms with Crippen LogP contribution >= 0.6 is 0 Å². The minimum Gasteiger partial charge on any atom is -0.361 e. The molecule has 34 heavy (non-hydrogen) atoms. The van der Waals surface area contributed by atoms with E-state index in [0.29, 0.717) is 55.1 Å². The second-order valence-corrected chi connectivity index (χ2v) is 8.66. The van der Waals surface area contributed by atoms with Crippen LogP contribution in [0.4, 0.5) is 4.39 Å². The number of nitrogens with one attached hydrogen (secondary N) is 3. The van der Waals surface area contributed by atoms with E-state index in [-0.39, 0.29) is 17.7 Å². The van der Waals surface area contributed by atoms with E-state index >= 15 is 0 Å². The Bertz CT molecular complexity index is 1350. The highest BCUT2D eigenvalue weighted by molar-refractivity contribution is 5.93. The summed E-state index contributed by atoms with van der Waals surface area (Å²) in [6.45, 7) is 3.19. The molecule has 9 heteroatoms. The maximum atomic E-state index is 14.1. The molecule has 0 spiro atoms. The lowest BCUT2D eigenvalue weighted by Crippen LogP contribution is -2.43. The molecule has 1 aliphatic rings. The molecule has 0 bridgehead atoms. The maximum Gasteiger partial charge on any atom is 0.271 e. The van der Waals surface area contributed by atoms with Crippen molar-refractivity contribution in [2.75, 3.05) is 13.1 Å². The molecule has 2 amide bonds. The van der Waals surface area contributed by atoms with Gasteiger partial charge in [0.15, 0.2) is 5.82 Å². The van der Waals surface area contributed by atoms with E-state index in [2.05, 4.69) is 31.5 Å². The average molecular weight is 461 g/mol. The van der Waals surface area contributed by atoms with Crippen LogP contribution in [0.25, 0.3) is 22.2 Å². The SMILES string of the molecule is Cc1cc(-c2cc(C(=O)N3CCC(C(=O)NCc4ccc5[nH]ccc5c4)CC3)[nH]n2)c(F)cn1. The zero-order valence-corrected chi connectivity index (χ0v) is 18.8. The third-order valence-electron chi connectivity index (χ3n) is 6.31. The van der Waals surface area contributed by atoms with Gasteiger partial charge in [-0.3, -0.25) is 19.7 Å². The van der Waals surface area contributed by atoms with Crippen molar-refractivity contribution in [3.63, 3.8) is 0 Å². The van der Waals surface area contributed by atoms with Crippen molar-refractivity contribution < 1.29 is 14.0 Å². The fraction of sp³-hybridized carbons (Fsp3) is 0.280. The Hall–Kier alpha value is -4.01. The fourth-order valence-electron chi connectivity index (χ4n) is 4.37. The summed E-state index contributed by atoms with van der Waals surface area (Å²) < 4.78 is 14.1. The summed E-state index contributed by atoms with van der Waals surface area (Å²) in [5.74, 6) is -0.820. The van der Waals surface area contributed by atoms with Crippen LogP contribution in [0, 0.1) is 18.7 Å². The first-order valence-corrected chi connectivity index (χ1v) is 11.3. The number of aromatic amines is 2. The Morgan fingerprint density at radius 1 is 1.18 bits per heavy atom. The third kappa shape index (κ3) is 4.41. The lowest BCUT2D eigenvalue weighted by Gasteiger charge is -2.31. The van der Waals surface area contributed by atoms with Crippen LogP contribution in [0.2, 0.25) is 0 Å². The van der Waals surface area contributed by atoms with E-state index in [9.17, 15) is 14.0 Å². The molecule has 1 aliphatic heterocycles. The molecule has 4 aromatic rings. The lowest BCUT2D eigenvalue weighted by molar-refractivity contribution is -0.126. The van der Waals surface area contributed by atoms with Gasteiger partial charge in [-0.1, -0.05) is 6.07 Å². The number of fused-ring (bicyclic) bond motifs is 1. The molecule has 174 valence electrons. The van der Waals surface area contributed by atoms with Gasteiger partial charge in [-0.15, -0.1) is 0 Å². The summed E-state index contributed by atoms with van der Waals surface area (Å²) in [4.78, 5) is 34.4. The molecule has 3 aromatic heterocycles. The van der Waals surface area contributed by atoms with Gasteiger partial charge in [0, 0.05) is 48.5 Å². The van der Waals surface area contributed by atoms with E-state index in [1.807, 2.05) is 24.4 Å². The van der Waals surface area contributed by atoms with Gasteiger partial charge in [-0.05, 0) is 61.0 Å². The number of nitrogens with zero attached hydrogens (tertiary/aromatic N) is 3. The number of halogens is 1. The molecular weight excluding hydrogens is 435 g/mol. The highest BCUT2D eigenvalue weighted by atomic mass is 19.1. The van der Waals surface area contributed by atoms with Crippen molar-refractivity contribution in [1.82, 2.24) is 30.4 Å². The molecule has 4 heterocycles. The molecular formula is C25H25FN6O2. The second kappa shape index (κ2) is 9.09. The number of rotatable bonds is 5. The normalized spacial score (nSPS) is 14.5. The third-order valence-corrected chi connectivity index (χ3v) is 6.31. The van der Waals surface area contributed by atoms with Gasteiger partial charge in [0.2, 0.25) is 5.91 Å². The number of carbonyl (C=O) groups excluding carboxylic acids is 2. The van der Waals surface area contributed by atoms with Crippen LogP contribution in [0.5, 0.6) is 0 Å². The summed E-state index contributed by atoms with van der Waals surface area (Å²) >= 11 is 0. The minimum absolute atomic E-state index is 0.00798. The maximum absolute atomic E-state index is 14.1. The highest BCUT2D eigenvalue weighted by Crippen LogP contribution is 2.24. The van der Waals surface area contributed by atoms with Crippen LogP contribution in [0.3, 0.4) is 0 Å². The molecule has 1 fully saturated rings. The number of H-pyrrole nitrogens is 2. The quantitative estimate of drug-likeness (QED) is 0.423. The molecule has 0 radical (unpaired) electrons. The van der Waals surface area contributed by atoms with Crippen LogP contribution in [0.1, 0.15) is 34.6 Å². The number of amides is 2. The first kappa shape index (κ1) is 21.8. The second-order valence-electron chi connectivity index (χ2n) is 8.66. The standard InChI is InChI=1S/C25H25FN6O2/c1-15-10-19(20(26)14-28-15)22-12-23(31-30-22)25(34)32-8-5-17(6-9-32)24(33)29-13-16-2-3-21-18(11-16)4-7-27-21/h2-4,7,10-12,14,17,27H,5-6,8-9,13H2,1H3,(H,29,33)(H,30,31). The van der Waals surface area contributed by atoms with Gasteiger partial charge in [0.05, 0.1) is 11.9 Å². The Morgan fingerprint density at radius 3 is 2.82 bits per heavy atom. The van der Waals surface area contributed by atoms with Gasteiger partial charge in [0.25, 0.3) is 5.91 Å². The highest BCUT2D eigenvalue weighted by Gasteiger charge is 2.28. The van der Waals surface area contributed by atoms with Gasteiger partial charge < -0.3 is 15.2 Å². The van der Waals surface area contributed by atoms with E-state index in [0.717, 1.165) is 22.7 Å². The Morgan fingerprint density at radius 2 is 2.00 bits per heavy atom. The average Bonchev–Trinajstić information content (AvgIpc) is 3.53. The summed E-state index contributed by atoms with van der Waals surface area (Å²) in [6, 6.07) is 11.2. The number of aromatic nitrogens is 4. The number of likely N-dealkylation sites (tertiary alicyclic amines) is 1. The zero-order chi connectivity index (χ0) is 23.7. The number of hydrogen-bond donors (Lipinski definition) is 3. The minimum atomic E-state index is -0.490. The van der Waals surface area contributed by atoms with Crippen molar-refractivity contribution in [2.45, 2.75) is 26.3 Å². The Balaban J connectivity index is 1.15. The smallest absolute Gasteiger partial charge is 0.271 e. The topological polar surface area (TPSA) is 107 Å². The van der Waals surface area contributed by atoms with Gasteiger partial charge in [-0.2, -0.15) is 5.10 Å². The zero-order valence-electron chi connectivity index (χ0n) is 18.8. The molecule has 1 aromatic carbocycles.